The number of aryl methyl sites for hydroxylation is 1. The van der Waals surface area contributed by atoms with E-state index in [-0.39, 0.29) is 0 Å². The fourth-order valence-electron chi connectivity index (χ4n) is 2.46. The molecule has 1 aliphatic heterocycles. The number of hydrogen-bond acceptors (Lipinski definition) is 3. The van der Waals surface area contributed by atoms with Gasteiger partial charge in [-0.15, -0.1) is 0 Å². The molecule has 0 aromatic carbocycles. The van der Waals surface area contributed by atoms with Crippen LogP contribution in [0.15, 0.2) is 12.3 Å². The second-order valence-electron chi connectivity index (χ2n) is 5.36. The van der Waals surface area contributed by atoms with Crippen LogP contribution in [0.4, 0.5) is 0 Å². The second kappa shape index (κ2) is 5.65. The maximum absolute atomic E-state index is 4.36. The van der Waals surface area contributed by atoms with Crippen molar-refractivity contribution in [1.82, 2.24) is 20.0 Å². The van der Waals surface area contributed by atoms with Gasteiger partial charge in [0.05, 0.1) is 5.69 Å². The molecule has 1 saturated heterocycles. The third-order valence-electron chi connectivity index (χ3n) is 3.56. The molecule has 2 heterocycles. The summed E-state index contributed by atoms with van der Waals surface area (Å²) in [6.45, 7) is 9.06. The molecule has 96 valence electrons. The summed E-state index contributed by atoms with van der Waals surface area (Å²) in [6.07, 6.45) is 3.32. The highest BCUT2D eigenvalue weighted by Crippen LogP contribution is 2.17. The maximum atomic E-state index is 4.36. The predicted molar refractivity (Wildman–Crippen MR) is 69.7 cm³/mol. The van der Waals surface area contributed by atoms with Crippen LogP contribution in [0.25, 0.3) is 0 Å². The zero-order chi connectivity index (χ0) is 12.3. The maximum Gasteiger partial charge on any atom is 0.0762 e. The monoisotopic (exact) mass is 236 g/mol. The standard InChI is InChI=1S/C13H24N4/c1-11(2)17-7-4-12(10-17)8-14-9-13-5-6-16(3)15-13/h5-6,11-12,14H,4,7-10H2,1-3H3. The average molecular weight is 236 g/mol. The summed E-state index contributed by atoms with van der Waals surface area (Å²) in [4.78, 5) is 2.56. The summed E-state index contributed by atoms with van der Waals surface area (Å²) in [6, 6.07) is 2.76. The van der Waals surface area contributed by atoms with Gasteiger partial charge in [-0.25, -0.2) is 0 Å². The number of rotatable bonds is 5. The lowest BCUT2D eigenvalue weighted by Crippen LogP contribution is -2.30. The highest BCUT2D eigenvalue weighted by Gasteiger charge is 2.23. The lowest BCUT2D eigenvalue weighted by atomic mass is 10.1. The van der Waals surface area contributed by atoms with Crippen LogP contribution in [0.2, 0.25) is 0 Å². The zero-order valence-electron chi connectivity index (χ0n) is 11.2. The summed E-state index contributed by atoms with van der Waals surface area (Å²) >= 11 is 0. The van der Waals surface area contributed by atoms with Crippen molar-refractivity contribution in [2.24, 2.45) is 13.0 Å². The van der Waals surface area contributed by atoms with Crippen LogP contribution in [0.3, 0.4) is 0 Å². The van der Waals surface area contributed by atoms with Gasteiger partial charge in [0, 0.05) is 32.4 Å². The van der Waals surface area contributed by atoms with E-state index in [0.717, 1.165) is 24.7 Å². The van der Waals surface area contributed by atoms with Crippen LogP contribution in [0, 0.1) is 5.92 Å². The number of nitrogens with zero attached hydrogens (tertiary/aromatic N) is 3. The molecule has 0 bridgehead atoms. The third-order valence-corrected chi connectivity index (χ3v) is 3.56. The molecule has 0 aliphatic carbocycles. The number of hydrogen-bond donors (Lipinski definition) is 1. The van der Waals surface area contributed by atoms with Crippen molar-refractivity contribution in [2.45, 2.75) is 32.9 Å². The Morgan fingerprint density at radius 3 is 2.94 bits per heavy atom. The molecule has 1 aliphatic rings. The fourth-order valence-corrected chi connectivity index (χ4v) is 2.46. The second-order valence-corrected chi connectivity index (χ2v) is 5.36. The molecule has 0 amide bonds. The molecule has 17 heavy (non-hydrogen) atoms. The van der Waals surface area contributed by atoms with Gasteiger partial charge in [0.2, 0.25) is 0 Å². The Bertz CT molecular complexity index is 345. The number of aromatic nitrogens is 2. The highest BCUT2D eigenvalue weighted by atomic mass is 15.3. The van der Waals surface area contributed by atoms with Gasteiger partial charge in [-0.1, -0.05) is 0 Å². The van der Waals surface area contributed by atoms with Crippen LogP contribution in [-0.2, 0) is 13.6 Å². The average Bonchev–Trinajstić information content (AvgIpc) is 2.88. The molecule has 0 saturated carbocycles. The first-order valence-electron chi connectivity index (χ1n) is 6.58. The lowest BCUT2D eigenvalue weighted by molar-refractivity contribution is 0.264. The number of nitrogens with one attached hydrogen (secondary N) is 1. The minimum Gasteiger partial charge on any atom is -0.311 e. The molecule has 2 rings (SSSR count). The van der Waals surface area contributed by atoms with Crippen molar-refractivity contribution >= 4 is 0 Å². The minimum atomic E-state index is 0.691. The molecule has 1 atom stereocenters. The van der Waals surface area contributed by atoms with E-state index in [1.807, 2.05) is 17.9 Å². The van der Waals surface area contributed by atoms with Crippen LogP contribution in [-0.4, -0.2) is 40.4 Å². The number of likely N-dealkylation sites (tertiary alicyclic amines) is 1. The van der Waals surface area contributed by atoms with E-state index in [9.17, 15) is 0 Å². The molecule has 1 aromatic rings. The topological polar surface area (TPSA) is 33.1 Å². The molecular weight excluding hydrogens is 212 g/mol. The van der Waals surface area contributed by atoms with Gasteiger partial charge in [0.15, 0.2) is 0 Å². The first-order valence-corrected chi connectivity index (χ1v) is 6.58. The van der Waals surface area contributed by atoms with E-state index >= 15 is 0 Å². The molecule has 0 spiro atoms. The van der Waals surface area contributed by atoms with Crippen molar-refractivity contribution < 1.29 is 0 Å². The van der Waals surface area contributed by atoms with Gasteiger partial charge < -0.3 is 10.2 Å². The fraction of sp³-hybridized carbons (Fsp3) is 0.769. The Morgan fingerprint density at radius 2 is 2.35 bits per heavy atom. The van der Waals surface area contributed by atoms with Gasteiger partial charge in [-0.3, -0.25) is 4.68 Å². The molecule has 1 N–H and O–H groups in total. The van der Waals surface area contributed by atoms with Crippen LogP contribution >= 0.6 is 0 Å². The van der Waals surface area contributed by atoms with E-state index in [4.69, 9.17) is 0 Å². The van der Waals surface area contributed by atoms with E-state index in [2.05, 4.69) is 35.2 Å². The molecule has 1 aromatic heterocycles. The normalized spacial score (nSPS) is 21.5. The highest BCUT2D eigenvalue weighted by molar-refractivity contribution is 4.98. The van der Waals surface area contributed by atoms with Crippen LogP contribution < -0.4 is 5.32 Å². The van der Waals surface area contributed by atoms with Crippen molar-refractivity contribution in [2.75, 3.05) is 19.6 Å². The first-order chi connectivity index (χ1) is 8.15. The first kappa shape index (κ1) is 12.6. The lowest BCUT2D eigenvalue weighted by Gasteiger charge is -2.20. The van der Waals surface area contributed by atoms with Gasteiger partial charge in [0.25, 0.3) is 0 Å². The third kappa shape index (κ3) is 3.54. The van der Waals surface area contributed by atoms with Gasteiger partial charge in [-0.05, 0) is 45.3 Å². The molecular formula is C13H24N4. The quantitative estimate of drug-likeness (QED) is 0.835. The predicted octanol–water partition coefficient (Wildman–Crippen LogP) is 1.24. The Kier molecular flexibility index (Phi) is 4.18. The van der Waals surface area contributed by atoms with Crippen LogP contribution in [0.5, 0.6) is 0 Å². The summed E-state index contributed by atoms with van der Waals surface area (Å²) in [7, 11) is 1.96. The van der Waals surface area contributed by atoms with Crippen LogP contribution in [0.1, 0.15) is 26.0 Å². The van der Waals surface area contributed by atoms with Crippen molar-refractivity contribution in [1.29, 1.82) is 0 Å². The molecule has 4 heteroatoms. The van der Waals surface area contributed by atoms with Gasteiger partial charge >= 0.3 is 0 Å². The molecule has 1 unspecified atom stereocenters. The summed E-state index contributed by atoms with van der Waals surface area (Å²) < 4.78 is 1.85. The summed E-state index contributed by atoms with van der Waals surface area (Å²) in [5.74, 6) is 0.807. The van der Waals surface area contributed by atoms with Gasteiger partial charge in [-0.2, -0.15) is 5.10 Å². The Morgan fingerprint density at radius 1 is 1.53 bits per heavy atom. The Hall–Kier alpha value is -0.870. The van der Waals surface area contributed by atoms with Crippen molar-refractivity contribution in [3.05, 3.63) is 18.0 Å². The molecule has 1 fully saturated rings. The SMILES string of the molecule is CC(C)N1CCC(CNCc2ccn(C)n2)C1. The Labute approximate surface area is 104 Å². The largest absolute Gasteiger partial charge is 0.311 e. The van der Waals surface area contributed by atoms with Crippen molar-refractivity contribution in [3.63, 3.8) is 0 Å². The van der Waals surface area contributed by atoms with E-state index < -0.39 is 0 Å². The van der Waals surface area contributed by atoms with Gasteiger partial charge in [0.1, 0.15) is 0 Å². The van der Waals surface area contributed by atoms with E-state index in [1.165, 1.54) is 19.5 Å². The zero-order valence-corrected chi connectivity index (χ0v) is 11.2. The minimum absolute atomic E-state index is 0.691. The van der Waals surface area contributed by atoms with E-state index in [0.29, 0.717) is 6.04 Å². The Balaban J connectivity index is 1.66. The van der Waals surface area contributed by atoms with Crippen molar-refractivity contribution in [3.8, 4) is 0 Å². The summed E-state index contributed by atoms with van der Waals surface area (Å²) in [5, 5.41) is 7.88. The molecule has 4 nitrogen and oxygen atoms in total. The van der Waals surface area contributed by atoms with E-state index in [1.54, 1.807) is 0 Å². The summed E-state index contributed by atoms with van der Waals surface area (Å²) in [5.41, 5.74) is 1.13. The molecule has 0 radical (unpaired) electrons. The smallest absolute Gasteiger partial charge is 0.0762 e.